The van der Waals surface area contributed by atoms with Crippen molar-refractivity contribution in [1.29, 1.82) is 0 Å². The summed E-state index contributed by atoms with van der Waals surface area (Å²) in [6.45, 7) is 5.41. The smallest absolute Gasteiger partial charge is 0.355 e. The second kappa shape index (κ2) is 9.82. The van der Waals surface area contributed by atoms with Crippen LogP contribution in [-0.4, -0.2) is 49.7 Å². The van der Waals surface area contributed by atoms with Crippen molar-refractivity contribution in [2.24, 2.45) is 0 Å². The van der Waals surface area contributed by atoms with Crippen molar-refractivity contribution < 1.29 is 28.6 Å². The van der Waals surface area contributed by atoms with Gasteiger partial charge in [0.15, 0.2) is 0 Å². The lowest BCUT2D eigenvalue weighted by Gasteiger charge is -2.40. The number of ether oxygens (including phenoxy) is 3. The van der Waals surface area contributed by atoms with E-state index in [1.807, 2.05) is 71.7 Å². The van der Waals surface area contributed by atoms with Crippen molar-refractivity contribution in [2.45, 2.75) is 31.2 Å². The minimum absolute atomic E-state index is 0.158. The Labute approximate surface area is 221 Å². The van der Waals surface area contributed by atoms with Crippen molar-refractivity contribution in [3.8, 4) is 11.1 Å². The highest BCUT2D eigenvalue weighted by Crippen LogP contribution is 2.61. The van der Waals surface area contributed by atoms with Crippen LogP contribution in [0.15, 0.2) is 95.9 Å². The molecule has 0 fully saturated rings. The van der Waals surface area contributed by atoms with Gasteiger partial charge in [-0.05, 0) is 48.1 Å². The standard InChI is InChI=1S/C31H29NO6/c1-19(2)28(33)38-18-10-12-20-11-9-17-25-31(26(29(34)36-3)27(32(20)25)30(35)37-4)23-15-7-5-13-21(23)22-14-6-8-16-24(22)31/h5-9,11,13-17,25H,1,10,12,18H2,2-4H3. The molecule has 7 heteroatoms. The fraction of sp³-hybridized carbons (Fsp3) is 0.258. The van der Waals surface area contributed by atoms with Crippen LogP contribution in [0.5, 0.6) is 0 Å². The number of allylic oxidation sites excluding steroid dienone is 3. The van der Waals surface area contributed by atoms with E-state index in [1.165, 1.54) is 14.2 Å². The fourth-order valence-corrected chi connectivity index (χ4v) is 5.95. The van der Waals surface area contributed by atoms with Crippen molar-refractivity contribution in [2.75, 3.05) is 20.8 Å². The van der Waals surface area contributed by atoms with Gasteiger partial charge in [-0.15, -0.1) is 0 Å². The first kappa shape index (κ1) is 25.3. The van der Waals surface area contributed by atoms with Crippen molar-refractivity contribution in [3.63, 3.8) is 0 Å². The SMILES string of the molecule is C=C(C)C(=O)OCCCC1=CC=CC2N1C(C(=O)OC)=C(C(=O)OC)C21c2ccccc2-c2ccccc21. The molecule has 38 heavy (non-hydrogen) atoms. The summed E-state index contributed by atoms with van der Waals surface area (Å²) in [6.07, 6.45) is 6.91. The van der Waals surface area contributed by atoms with Gasteiger partial charge in [-0.2, -0.15) is 0 Å². The van der Waals surface area contributed by atoms with Crippen LogP contribution in [0.3, 0.4) is 0 Å². The van der Waals surface area contributed by atoms with Crippen LogP contribution in [0, 0.1) is 0 Å². The Hall–Kier alpha value is -4.39. The van der Waals surface area contributed by atoms with E-state index < -0.39 is 29.4 Å². The van der Waals surface area contributed by atoms with E-state index in [0.29, 0.717) is 18.4 Å². The maximum atomic E-state index is 13.7. The van der Waals surface area contributed by atoms with E-state index in [-0.39, 0.29) is 17.9 Å². The molecule has 0 aromatic heterocycles. The number of rotatable bonds is 7. The van der Waals surface area contributed by atoms with Gasteiger partial charge in [-0.1, -0.05) is 67.3 Å². The first-order chi connectivity index (χ1) is 18.4. The Morgan fingerprint density at radius 1 is 0.947 bits per heavy atom. The lowest BCUT2D eigenvalue weighted by Crippen LogP contribution is -2.45. The summed E-state index contributed by atoms with van der Waals surface area (Å²) >= 11 is 0. The molecule has 2 aromatic rings. The molecular formula is C31H29NO6. The summed E-state index contributed by atoms with van der Waals surface area (Å²) in [7, 11) is 2.63. The number of hydrogen-bond donors (Lipinski definition) is 0. The molecular weight excluding hydrogens is 482 g/mol. The maximum absolute atomic E-state index is 13.7. The number of methoxy groups -OCH3 is 2. The number of benzene rings is 2. The fourth-order valence-electron chi connectivity index (χ4n) is 5.95. The van der Waals surface area contributed by atoms with E-state index in [4.69, 9.17) is 14.2 Å². The first-order valence-electron chi connectivity index (χ1n) is 12.5. The minimum atomic E-state index is -0.994. The molecule has 0 radical (unpaired) electrons. The van der Waals surface area contributed by atoms with E-state index in [9.17, 15) is 14.4 Å². The van der Waals surface area contributed by atoms with Gasteiger partial charge < -0.3 is 19.1 Å². The molecule has 0 N–H and O–H groups in total. The Balaban J connectivity index is 1.68. The number of esters is 3. The molecule has 5 rings (SSSR count). The molecule has 2 aliphatic heterocycles. The van der Waals surface area contributed by atoms with Crippen LogP contribution in [0.4, 0.5) is 0 Å². The Bertz CT molecular complexity index is 1400. The second-order valence-electron chi connectivity index (χ2n) is 9.48. The van der Waals surface area contributed by atoms with Crippen molar-refractivity contribution in [3.05, 3.63) is 107 Å². The van der Waals surface area contributed by atoms with E-state index in [1.54, 1.807) is 6.92 Å². The average Bonchev–Trinajstić information content (AvgIpc) is 3.42. The second-order valence-corrected chi connectivity index (χ2v) is 9.48. The quantitative estimate of drug-likeness (QED) is 0.233. The monoisotopic (exact) mass is 511 g/mol. The predicted molar refractivity (Wildman–Crippen MR) is 142 cm³/mol. The first-order valence-corrected chi connectivity index (χ1v) is 12.5. The largest absolute Gasteiger partial charge is 0.466 e. The van der Waals surface area contributed by atoms with Gasteiger partial charge in [0.05, 0.1) is 37.9 Å². The zero-order chi connectivity index (χ0) is 27.0. The zero-order valence-corrected chi connectivity index (χ0v) is 21.7. The maximum Gasteiger partial charge on any atom is 0.355 e. The van der Waals surface area contributed by atoms with Gasteiger partial charge in [0.1, 0.15) is 5.70 Å². The van der Waals surface area contributed by atoms with E-state index in [0.717, 1.165) is 28.0 Å². The number of nitrogens with zero attached hydrogens (tertiary/aromatic N) is 1. The van der Waals surface area contributed by atoms with Crippen LogP contribution in [0.1, 0.15) is 30.9 Å². The number of carbonyl (C=O) groups is 3. The molecule has 2 heterocycles. The third-order valence-corrected chi connectivity index (χ3v) is 7.41. The van der Waals surface area contributed by atoms with Crippen molar-refractivity contribution in [1.82, 2.24) is 4.90 Å². The molecule has 194 valence electrons. The van der Waals surface area contributed by atoms with Crippen LogP contribution in [-0.2, 0) is 34.0 Å². The predicted octanol–water partition coefficient (Wildman–Crippen LogP) is 4.59. The summed E-state index contributed by atoms with van der Waals surface area (Å²) in [6, 6.07) is 15.5. The molecule has 1 spiro atoms. The van der Waals surface area contributed by atoms with Crippen LogP contribution in [0.25, 0.3) is 11.1 Å². The summed E-state index contributed by atoms with van der Waals surface area (Å²) in [5.41, 5.74) is 4.43. The van der Waals surface area contributed by atoms with Gasteiger partial charge >= 0.3 is 17.9 Å². The molecule has 0 amide bonds. The van der Waals surface area contributed by atoms with Gasteiger partial charge in [0.2, 0.25) is 0 Å². The molecule has 3 aliphatic rings. The highest BCUT2D eigenvalue weighted by Gasteiger charge is 2.62. The van der Waals surface area contributed by atoms with E-state index >= 15 is 0 Å². The molecule has 2 aromatic carbocycles. The molecule has 0 saturated heterocycles. The summed E-state index contributed by atoms with van der Waals surface area (Å²) in [4.78, 5) is 40.8. The topological polar surface area (TPSA) is 82.1 Å². The summed E-state index contributed by atoms with van der Waals surface area (Å²) in [5.74, 6) is -1.65. The lowest BCUT2D eigenvalue weighted by atomic mass is 9.67. The van der Waals surface area contributed by atoms with Gasteiger partial charge in [0.25, 0.3) is 0 Å². The lowest BCUT2D eigenvalue weighted by molar-refractivity contribution is -0.140. The van der Waals surface area contributed by atoms with Crippen LogP contribution >= 0.6 is 0 Å². The Morgan fingerprint density at radius 2 is 1.55 bits per heavy atom. The molecule has 1 unspecified atom stereocenters. The van der Waals surface area contributed by atoms with Crippen molar-refractivity contribution >= 4 is 17.9 Å². The van der Waals surface area contributed by atoms with Gasteiger partial charge in [-0.25, -0.2) is 14.4 Å². The molecule has 0 bridgehead atoms. The summed E-state index contributed by atoms with van der Waals surface area (Å²) in [5, 5.41) is 0. The molecule has 1 atom stereocenters. The molecule has 1 aliphatic carbocycles. The highest BCUT2D eigenvalue weighted by atomic mass is 16.5. The molecule has 7 nitrogen and oxygen atoms in total. The number of hydrogen-bond acceptors (Lipinski definition) is 7. The van der Waals surface area contributed by atoms with Gasteiger partial charge in [-0.3, -0.25) is 0 Å². The molecule has 0 saturated carbocycles. The van der Waals surface area contributed by atoms with Crippen LogP contribution < -0.4 is 0 Å². The van der Waals surface area contributed by atoms with Crippen LogP contribution in [0.2, 0.25) is 0 Å². The normalized spacial score (nSPS) is 17.9. The number of carbonyl (C=O) groups excluding carboxylic acids is 3. The third kappa shape index (κ3) is 3.61. The zero-order valence-electron chi connectivity index (χ0n) is 21.7. The summed E-state index contributed by atoms with van der Waals surface area (Å²) < 4.78 is 15.9. The average molecular weight is 512 g/mol. The van der Waals surface area contributed by atoms with E-state index in [2.05, 4.69) is 6.58 Å². The minimum Gasteiger partial charge on any atom is -0.466 e. The number of fused-ring (bicyclic) bond motifs is 7. The Kier molecular flexibility index (Phi) is 6.53. The van der Waals surface area contributed by atoms with Gasteiger partial charge in [0, 0.05) is 11.3 Å². The Morgan fingerprint density at radius 3 is 2.13 bits per heavy atom. The highest BCUT2D eigenvalue weighted by molar-refractivity contribution is 6.07. The third-order valence-electron chi connectivity index (χ3n) is 7.41.